The fourth-order valence-corrected chi connectivity index (χ4v) is 3.33. The molecular weight excluding hydrogens is 344 g/mol. The summed E-state index contributed by atoms with van der Waals surface area (Å²) in [5.41, 5.74) is 2.18. The van der Waals surface area contributed by atoms with Crippen molar-refractivity contribution in [1.29, 1.82) is 0 Å². The van der Waals surface area contributed by atoms with Crippen LogP contribution >= 0.6 is 0 Å². The van der Waals surface area contributed by atoms with E-state index in [1.54, 1.807) is 4.90 Å². The monoisotopic (exact) mass is 372 g/mol. The number of likely N-dealkylation sites (tertiary alicyclic amines) is 1. The van der Waals surface area contributed by atoms with Crippen LogP contribution in [-0.4, -0.2) is 44.5 Å². The van der Waals surface area contributed by atoms with Crippen LogP contribution in [0.4, 0.5) is 4.79 Å². The Morgan fingerprint density at radius 3 is 2.81 bits per heavy atom. The molecule has 1 atom stereocenters. The first-order chi connectivity index (χ1) is 12.7. The van der Waals surface area contributed by atoms with Crippen molar-refractivity contribution in [1.82, 2.24) is 19.6 Å². The summed E-state index contributed by atoms with van der Waals surface area (Å²) in [6, 6.07) is 3.48. The van der Waals surface area contributed by atoms with Gasteiger partial charge in [0.05, 0.1) is 12.2 Å². The second kappa shape index (κ2) is 7.58. The van der Waals surface area contributed by atoms with Gasteiger partial charge in [-0.3, -0.25) is 9.69 Å². The van der Waals surface area contributed by atoms with Crippen molar-refractivity contribution >= 4 is 17.6 Å². The zero-order valence-corrected chi connectivity index (χ0v) is 16.5. The molecule has 1 aliphatic heterocycles. The maximum Gasteiger partial charge on any atom is 0.410 e. The molecule has 3 heterocycles. The topological polar surface area (TPSA) is 75.9 Å². The second-order valence-electron chi connectivity index (χ2n) is 8.06. The SMILES string of the molecule is Cc1cccn2cc(CNC(=O)C3CCCCN3C(=O)OC(C)(C)C)nc12. The Kier molecular flexibility index (Phi) is 5.39. The molecule has 0 radical (unpaired) electrons. The Labute approximate surface area is 159 Å². The van der Waals surface area contributed by atoms with Crippen molar-refractivity contribution in [3.05, 3.63) is 35.8 Å². The van der Waals surface area contributed by atoms with E-state index in [2.05, 4.69) is 10.3 Å². The van der Waals surface area contributed by atoms with Crippen LogP contribution in [0, 0.1) is 6.92 Å². The highest BCUT2D eigenvalue weighted by Gasteiger charge is 2.34. The molecule has 2 aromatic heterocycles. The van der Waals surface area contributed by atoms with Crippen LogP contribution in [0.3, 0.4) is 0 Å². The number of fused-ring (bicyclic) bond motifs is 1. The van der Waals surface area contributed by atoms with Gasteiger partial charge in [-0.25, -0.2) is 9.78 Å². The third-order valence-electron chi connectivity index (χ3n) is 4.60. The molecule has 0 aromatic carbocycles. The summed E-state index contributed by atoms with van der Waals surface area (Å²) in [5.74, 6) is -0.158. The molecule has 7 heteroatoms. The number of nitrogens with one attached hydrogen (secondary N) is 1. The minimum atomic E-state index is -0.579. The minimum absolute atomic E-state index is 0.158. The van der Waals surface area contributed by atoms with Gasteiger partial charge in [0.15, 0.2) is 0 Å². The van der Waals surface area contributed by atoms with Gasteiger partial charge >= 0.3 is 6.09 Å². The van der Waals surface area contributed by atoms with Crippen LogP contribution in [0.2, 0.25) is 0 Å². The maximum absolute atomic E-state index is 12.7. The van der Waals surface area contributed by atoms with Gasteiger partial charge in [0.25, 0.3) is 0 Å². The van der Waals surface area contributed by atoms with E-state index in [1.165, 1.54) is 0 Å². The highest BCUT2D eigenvalue weighted by Crippen LogP contribution is 2.21. The Morgan fingerprint density at radius 2 is 2.11 bits per heavy atom. The van der Waals surface area contributed by atoms with Gasteiger partial charge in [-0.2, -0.15) is 0 Å². The molecule has 2 aromatic rings. The van der Waals surface area contributed by atoms with Crippen LogP contribution in [0.1, 0.15) is 51.3 Å². The number of pyridine rings is 1. The number of carbonyl (C=O) groups excluding carboxylic acids is 2. The van der Waals surface area contributed by atoms with Crippen LogP contribution in [-0.2, 0) is 16.1 Å². The van der Waals surface area contributed by atoms with Gasteiger partial charge < -0.3 is 14.5 Å². The van der Waals surface area contributed by atoms with E-state index < -0.39 is 17.7 Å². The zero-order valence-electron chi connectivity index (χ0n) is 16.5. The lowest BCUT2D eigenvalue weighted by molar-refractivity contribution is -0.127. The lowest BCUT2D eigenvalue weighted by Gasteiger charge is -2.35. The fourth-order valence-electron chi connectivity index (χ4n) is 3.33. The lowest BCUT2D eigenvalue weighted by atomic mass is 10.0. The first-order valence-corrected chi connectivity index (χ1v) is 9.45. The summed E-state index contributed by atoms with van der Waals surface area (Å²) in [6.45, 7) is 8.37. The van der Waals surface area contributed by atoms with Gasteiger partial charge in [-0.05, 0) is 58.6 Å². The summed E-state index contributed by atoms with van der Waals surface area (Å²) in [5, 5.41) is 2.93. The van der Waals surface area contributed by atoms with E-state index in [0.29, 0.717) is 19.5 Å². The number of hydrogen-bond acceptors (Lipinski definition) is 4. The smallest absolute Gasteiger partial charge is 0.410 e. The molecule has 1 N–H and O–H groups in total. The first kappa shape index (κ1) is 19.2. The second-order valence-corrected chi connectivity index (χ2v) is 8.06. The number of hydrogen-bond donors (Lipinski definition) is 1. The van der Waals surface area contributed by atoms with E-state index in [1.807, 2.05) is 56.6 Å². The summed E-state index contributed by atoms with van der Waals surface area (Å²) in [7, 11) is 0. The molecule has 1 unspecified atom stereocenters. The van der Waals surface area contributed by atoms with Crippen LogP contribution in [0.15, 0.2) is 24.5 Å². The summed E-state index contributed by atoms with van der Waals surface area (Å²) in [4.78, 5) is 31.3. The van der Waals surface area contributed by atoms with Gasteiger partial charge in [0.2, 0.25) is 5.91 Å². The zero-order chi connectivity index (χ0) is 19.6. The maximum atomic E-state index is 12.7. The number of piperidine rings is 1. The number of imidazole rings is 1. The number of aromatic nitrogens is 2. The summed E-state index contributed by atoms with van der Waals surface area (Å²) in [6.07, 6.45) is 5.88. The molecule has 7 nitrogen and oxygen atoms in total. The number of carbonyl (C=O) groups is 2. The third-order valence-corrected chi connectivity index (χ3v) is 4.60. The van der Waals surface area contributed by atoms with Crippen LogP contribution in [0.5, 0.6) is 0 Å². The fraction of sp³-hybridized carbons (Fsp3) is 0.550. The predicted molar refractivity (Wildman–Crippen MR) is 102 cm³/mol. The normalized spacial score (nSPS) is 17.8. The number of ether oxygens (including phenoxy) is 1. The number of rotatable bonds is 3. The Balaban J connectivity index is 1.65. The molecule has 2 amide bonds. The molecule has 0 spiro atoms. The molecule has 0 saturated carbocycles. The van der Waals surface area contributed by atoms with Crippen molar-refractivity contribution < 1.29 is 14.3 Å². The first-order valence-electron chi connectivity index (χ1n) is 9.45. The Hall–Kier alpha value is -2.57. The van der Waals surface area contributed by atoms with Gasteiger partial charge in [-0.15, -0.1) is 0 Å². The van der Waals surface area contributed by atoms with Crippen molar-refractivity contribution in [2.24, 2.45) is 0 Å². The highest BCUT2D eigenvalue weighted by molar-refractivity contribution is 5.85. The van der Waals surface area contributed by atoms with Crippen molar-refractivity contribution in [3.8, 4) is 0 Å². The average Bonchev–Trinajstić information content (AvgIpc) is 3.03. The number of amides is 2. The molecular formula is C20H28N4O3. The summed E-state index contributed by atoms with van der Waals surface area (Å²) >= 11 is 0. The average molecular weight is 372 g/mol. The molecule has 1 fully saturated rings. The lowest BCUT2D eigenvalue weighted by Crippen LogP contribution is -2.53. The largest absolute Gasteiger partial charge is 0.444 e. The van der Waals surface area contributed by atoms with E-state index >= 15 is 0 Å². The Bertz CT molecular complexity index is 837. The minimum Gasteiger partial charge on any atom is -0.444 e. The van der Waals surface area contributed by atoms with E-state index in [-0.39, 0.29) is 5.91 Å². The van der Waals surface area contributed by atoms with E-state index in [0.717, 1.165) is 29.7 Å². The number of aryl methyl sites for hydroxylation is 1. The van der Waals surface area contributed by atoms with Crippen molar-refractivity contribution in [2.75, 3.05) is 6.54 Å². The molecule has 3 rings (SSSR count). The van der Waals surface area contributed by atoms with Crippen molar-refractivity contribution in [3.63, 3.8) is 0 Å². The third kappa shape index (κ3) is 4.59. The standard InChI is InChI=1S/C20H28N4O3/c1-14-8-7-10-23-13-15(22-17(14)23)12-21-18(25)16-9-5-6-11-24(16)19(26)27-20(2,3)4/h7-8,10,13,16H,5-6,9,11-12H2,1-4H3,(H,21,25). The van der Waals surface area contributed by atoms with Crippen LogP contribution in [0.25, 0.3) is 5.65 Å². The quantitative estimate of drug-likeness (QED) is 0.898. The van der Waals surface area contributed by atoms with Crippen molar-refractivity contribution in [2.45, 2.75) is 65.1 Å². The molecule has 1 saturated heterocycles. The van der Waals surface area contributed by atoms with E-state index in [9.17, 15) is 9.59 Å². The molecule has 0 aliphatic carbocycles. The van der Waals surface area contributed by atoms with E-state index in [4.69, 9.17) is 4.74 Å². The molecule has 146 valence electrons. The number of nitrogens with zero attached hydrogens (tertiary/aromatic N) is 3. The van der Waals surface area contributed by atoms with Gasteiger partial charge in [0, 0.05) is 18.9 Å². The molecule has 0 bridgehead atoms. The highest BCUT2D eigenvalue weighted by atomic mass is 16.6. The molecule has 27 heavy (non-hydrogen) atoms. The van der Waals surface area contributed by atoms with Gasteiger partial charge in [0.1, 0.15) is 17.3 Å². The van der Waals surface area contributed by atoms with Gasteiger partial charge in [-0.1, -0.05) is 6.07 Å². The Morgan fingerprint density at radius 1 is 1.33 bits per heavy atom. The molecule has 1 aliphatic rings. The summed E-state index contributed by atoms with van der Waals surface area (Å²) < 4.78 is 7.41. The van der Waals surface area contributed by atoms with Crippen LogP contribution < -0.4 is 5.32 Å². The predicted octanol–water partition coefficient (Wildman–Crippen LogP) is 3.05.